The third-order valence-electron chi connectivity index (χ3n) is 1.31. The first-order valence-corrected chi connectivity index (χ1v) is 3.32. The summed E-state index contributed by atoms with van der Waals surface area (Å²) in [6, 6.07) is 0.535. The van der Waals surface area contributed by atoms with Gasteiger partial charge in [-0.25, -0.2) is 5.43 Å². The van der Waals surface area contributed by atoms with Crippen LogP contribution in [0.2, 0.25) is 0 Å². The Morgan fingerprint density at radius 2 is 2.33 bits per heavy atom. The van der Waals surface area contributed by atoms with Crippen molar-refractivity contribution in [1.29, 1.82) is 0 Å². The minimum absolute atomic E-state index is 0.535. The van der Waals surface area contributed by atoms with Gasteiger partial charge in [0.1, 0.15) is 0 Å². The molecule has 9 heavy (non-hydrogen) atoms. The standard InChI is InChI=1S/C7H16N2/c1-5-7(3)8-9(4)6-2/h6-8H,2,5H2,1,3-4H3. The molecule has 0 bridgehead atoms. The summed E-state index contributed by atoms with van der Waals surface area (Å²) in [4.78, 5) is 0. The summed E-state index contributed by atoms with van der Waals surface area (Å²) in [5, 5.41) is 1.87. The van der Waals surface area contributed by atoms with Crippen LogP contribution in [0.25, 0.3) is 0 Å². The lowest BCUT2D eigenvalue weighted by molar-refractivity contribution is 0.279. The lowest BCUT2D eigenvalue weighted by Crippen LogP contribution is -2.36. The normalized spacial score (nSPS) is 12.8. The first-order chi connectivity index (χ1) is 4.20. The first kappa shape index (κ1) is 8.50. The highest BCUT2D eigenvalue weighted by atomic mass is 15.5. The molecule has 0 aromatic heterocycles. The van der Waals surface area contributed by atoms with E-state index < -0.39 is 0 Å². The summed E-state index contributed by atoms with van der Waals surface area (Å²) in [6.45, 7) is 7.90. The maximum atomic E-state index is 3.61. The van der Waals surface area contributed by atoms with Crippen molar-refractivity contribution in [3.8, 4) is 0 Å². The average Bonchev–Trinajstić information content (AvgIpc) is 1.87. The third-order valence-corrected chi connectivity index (χ3v) is 1.31. The van der Waals surface area contributed by atoms with E-state index in [9.17, 15) is 0 Å². The van der Waals surface area contributed by atoms with E-state index in [1.807, 2.05) is 12.1 Å². The molecule has 0 aliphatic heterocycles. The first-order valence-electron chi connectivity index (χ1n) is 3.32. The molecular weight excluding hydrogens is 112 g/mol. The van der Waals surface area contributed by atoms with Crippen LogP contribution in [0.15, 0.2) is 12.8 Å². The molecule has 0 saturated carbocycles. The van der Waals surface area contributed by atoms with Crippen LogP contribution < -0.4 is 5.43 Å². The fourth-order valence-electron chi connectivity index (χ4n) is 0.492. The molecule has 0 heterocycles. The fourth-order valence-corrected chi connectivity index (χ4v) is 0.492. The lowest BCUT2D eigenvalue weighted by atomic mass is 10.3. The summed E-state index contributed by atoms with van der Waals surface area (Å²) >= 11 is 0. The van der Waals surface area contributed by atoms with Crippen molar-refractivity contribution in [1.82, 2.24) is 10.4 Å². The van der Waals surface area contributed by atoms with Gasteiger partial charge in [0, 0.05) is 19.3 Å². The number of hydrogen-bond donors (Lipinski definition) is 1. The second kappa shape index (κ2) is 4.39. The molecule has 1 unspecified atom stereocenters. The predicted molar refractivity (Wildman–Crippen MR) is 40.8 cm³/mol. The fraction of sp³-hybridized carbons (Fsp3) is 0.714. The van der Waals surface area contributed by atoms with E-state index in [4.69, 9.17) is 0 Å². The molecular formula is C7H16N2. The summed E-state index contributed by atoms with van der Waals surface area (Å²) in [5.74, 6) is 0. The van der Waals surface area contributed by atoms with Crippen LogP contribution in [-0.4, -0.2) is 18.1 Å². The second-order valence-corrected chi connectivity index (χ2v) is 2.23. The topological polar surface area (TPSA) is 15.3 Å². The van der Waals surface area contributed by atoms with E-state index in [1.54, 1.807) is 6.20 Å². The van der Waals surface area contributed by atoms with E-state index >= 15 is 0 Å². The van der Waals surface area contributed by atoms with Crippen LogP contribution in [0.4, 0.5) is 0 Å². The molecule has 1 atom stereocenters. The van der Waals surface area contributed by atoms with Crippen molar-refractivity contribution < 1.29 is 0 Å². The van der Waals surface area contributed by atoms with Gasteiger partial charge < -0.3 is 5.01 Å². The molecule has 0 aliphatic rings. The van der Waals surface area contributed by atoms with Crippen molar-refractivity contribution in [3.05, 3.63) is 12.8 Å². The minimum atomic E-state index is 0.535. The van der Waals surface area contributed by atoms with Gasteiger partial charge >= 0.3 is 0 Å². The quantitative estimate of drug-likeness (QED) is 0.575. The van der Waals surface area contributed by atoms with Crippen LogP contribution >= 0.6 is 0 Å². The van der Waals surface area contributed by atoms with Crippen molar-refractivity contribution in [2.45, 2.75) is 26.3 Å². The Hall–Kier alpha value is -0.500. The van der Waals surface area contributed by atoms with Crippen molar-refractivity contribution in [2.24, 2.45) is 0 Å². The SMILES string of the molecule is C=CN(C)NC(C)CC. The molecule has 2 heteroatoms. The van der Waals surface area contributed by atoms with E-state index in [2.05, 4.69) is 25.9 Å². The molecule has 0 radical (unpaired) electrons. The molecule has 0 spiro atoms. The van der Waals surface area contributed by atoms with Crippen LogP contribution in [-0.2, 0) is 0 Å². The van der Waals surface area contributed by atoms with Gasteiger partial charge in [0.2, 0.25) is 0 Å². The minimum Gasteiger partial charge on any atom is -0.319 e. The second-order valence-electron chi connectivity index (χ2n) is 2.23. The van der Waals surface area contributed by atoms with Gasteiger partial charge in [-0.05, 0) is 13.3 Å². The van der Waals surface area contributed by atoms with Gasteiger partial charge in [-0.3, -0.25) is 0 Å². The van der Waals surface area contributed by atoms with E-state index in [0.717, 1.165) is 6.42 Å². The third kappa shape index (κ3) is 4.03. The Morgan fingerprint density at radius 3 is 2.67 bits per heavy atom. The summed E-state index contributed by atoms with van der Waals surface area (Å²) in [5.41, 5.74) is 3.19. The molecule has 0 rings (SSSR count). The zero-order valence-electron chi connectivity index (χ0n) is 6.52. The molecule has 0 saturated heterocycles. The van der Waals surface area contributed by atoms with Crippen LogP contribution in [0.3, 0.4) is 0 Å². The summed E-state index contributed by atoms with van der Waals surface area (Å²) in [7, 11) is 1.94. The predicted octanol–water partition coefficient (Wildman–Crippen LogP) is 1.36. The molecule has 54 valence electrons. The molecule has 0 amide bonds. The van der Waals surface area contributed by atoms with Crippen LogP contribution in [0, 0.1) is 0 Å². The van der Waals surface area contributed by atoms with E-state index in [-0.39, 0.29) is 0 Å². The highest BCUT2D eigenvalue weighted by molar-refractivity contribution is 4.64. The van der Waals surface area contributed by atoms with Gasteiger partial charge in [0.15, 0.2) is 0 Å². The Balaban J connectivity index is 3.33. The highest BCUT2D eigenvalue weighted by Crippen LogP contribution is 1.88. The Labute approximate surface area is 57.5 Å². The van der Waals surface area contributed by atoms with Crippen LogP contribution in [0.5, 0.6) is 0 Å². The molecule has 0 aliphatic carbocycles. The number of nitrogens with one attached hydrogen (secondary N) is 1. The number of rotatable bonds is 4. The maximum absolute atomic E-state index is 3.61. The molecule has 1 N–H and O–H groups in total. The molecule has 0 fully saturated rings. The largest absolute Gasteiger partial charge is 0.319 e. The molecule has 0 aromatic carbocycles. The molecule has 2 nitrogen and oxygen atoms in total. The zero-order chi connectivity index (χ0) is 7.28. The van der Waals surface area contributed by atoms with E-state index in [1.165, 1.54) is 0 Å². The van der Waals surface area contributed by atoms with Gasteiger partial charge in [-0.15, -0.1) is 0 Å². The smallest absolute Gasteiger partial charge is 0.0231 e. The zero-order valence-corrected chi connectivity index (χ0v) is 6.52. The van der Waals surface area contributed by atoms with Gasteiger partial charge in [0.05, 0.1) is 0 Å². The number of nitrogens with zero attached hydrogens (tertiary/aromatic N) is 1. The number of hydrazine groups is 1. The van der Waals surface area contributed by atoms with Gasteiger partial charge in [0.25, 0.3) is 0 Å². The number of hydrogen-bond acceptors (Lipinski definition) is 2. The van der Waals surface area contributed by atoms with Gasteiger partial charge in [-0.1, -0.05) is 13.5 Å². The van der Waals surface area contributed by atoms with E-state index in [0.29, 0.717) is 6.04 Å². The van der Waals surface area contributed by atoms with Crippen molar-refractivity contribution in [3.63, 3.8) is 0 Å². The van der Waals surface area contributed by atoms with Crippen molar-refractivity contribution >= 4 is 0 Å². The average molecular weight is 128 g/mol. The monoisotopic (exact) mass is 128 g/mol. The van der Waals surface area contributed by atoms with Crippen LogP contribution in [0.1, 0.15) is 20.3 Å². The highest BCUT2D eigenvalue weighted by Gasteiger charge is 1.95. The van der Waals surface area contributed by atoms with Crippen molar-refractivity contribution in [2.75, 3.05) is 7.05 Å². The summed E-state index contributed by atoms with van der Waals surface area (Å²) in [6.07, 6.45) is 2.89. The Bertz CT molecular complexity index is 81.0. The lowest BCUT2D eigenvalue weighted by Gasteiger charge is -2.19. The Morgan fingerprint density at radius 1 is 1.78 bits per heavy atom. The molecule has 0 aromatic rings. The maximum Gasteiger partial charge on any atom is 0.0231 e. The Kier molecular flexibility index (Phi) is 4.14. The summed E-state index contributed by atoms with van der Waals surface area (Å²) < 4.78 is 0. The van der Waals surface area contributed by atoms with Gasteiger partial charge in [-0.2, -0.15) is 0 Å².